The Balaban J connectivity index is 2.16. The third kappa shape index (κ3) is 2.88. The van der Waals surface area contributed by atoms with Gasteiger partial charge in [-0.3, -0.25) is 14.9 Å². The van der Waals surface area contributed by atoms with E-state index in [4.69, 9.17) is 4.74 Å². The summed E-state index contributed by atoms with van der Waals surface area (Å²) < 4.78 is 18.9. The molecule has 1 aromatic rings. The molecule has 1 saturated heterocycles. The third-order valence-corrected chi connectivity index (χ3v) is 3.39. The first-order chi connectivity index (χ1) is 9.97. The summed E-state index contributed by atoms with van der Waals surface area (Å²) in [6, 6.07) is 2.13. The smallest absolute Gasteiger partial charge is 0.313 e. The summed E-state index contributed by atoms with van der Waals surface area (Å²) in [7, 11) is 1.29. The van der Waals surface area contributed by atoms with Crippen LogP contribution in [-0.4, -0.2) is 37.6 Å². The fraction of sp³-hybridized carbons (Fsp3) is 0.462. The van der Waals surface area contributed by atoms with Crippen molar-refractivity contribution in [2.24, 2.45) is 5.92 Å². The number of hydrogen-bond acceptors (Lipinski definition) is 5. The van der Waals surface area contributed by atoms with Crippen molar-refractivity contribution < 1.29 is 18.8 Å². The van der Waals surface area contributed by atoms with Crippen LogP contribution in [0.25, 0.3) is 0 Å². The van der Waals surface area contributed by atoms with Crippen LogP contribution >= 0.6 is 0 Å². The van der Waals surface area contributed by atoms with E-state index in [0.717, 1.165) is 6.07 Å². The summed E-state index contributed by atoms with van der Waals surface area (Å²) in [4.78, 5) is 23.4. The summed E-state index contributed by atoms with van der Waals surface area (Å²) in [5.41, 5.74) is -0.211. The largest absolute Gasteiger partial charge is 0.490 e. The summed E-state index contributed by atoms with van der Waals surface area (Å²) >= 11 is 0. The Kier molecular flexibility index (Phi) is 4.25. The van der Waals surface area contributed by atoms with E-state index in [1.165, 1.54) is 13.2 Å². The van der Waals surface area contributed by atoms with Gasteiger partial charge in [-0.2, -0.15) is 0 Å². The molecule has 21 heavy (non-hydrogen) atoms. The average Bonchev–Trinajstić information content (AvgIpc) is 2.38. The van der Waals surface area contributed by atoms with Gasteiger partial charge in [0, 0.05) is 25.7 Å². The van der Waals surface area contributed by atoms with Crippen molar-refractivity contribution in [1.29, 1.82) is 0 Å². The zero-order chi connectivity index (χ0) is 15.6. The Morgan fingerprint density at radius 3 is 2.76 bits per heavy atom. The number of halogens is 1. The van der Waals surface area contributed by atoms with Crippen molar-refractivity contribution in [3.05, 3.63) is 28.1 Å². The number of nitrogens with zero attached hydrogens (tertiary/aromatic N) is 2. The first-order valence-corrected chi connectivity index (χ1v) is 6.52. The van der Waals surface area contributed by atoms with Crippen molar-refractivity contribution in [2.45, 2.75) is 6.92 Å². The number of ether oxygens (including phenoxy) is 1. The summed E-state index contributed by atoms with van der Waals surface area (Å²) in [5.74, 6) is -0.955. The minimum absolute atomic E-state index is 0.00198. The van der Waals surface area contributed by atoms with Crippen molar-refractivity contribution in [3.8, 4) is 5.75 Å². The predicted octanol–water partition coefficient (Wildman–Crippen LogP) is 1.31. The molecule has 7 nitrogen and oxygen atoms in total. The lowest BCUT2D eigenvalue weighted by atomic mass is 9.98. The zero-order valence-corrected chi connectivity index (χ0v) is 11.8. The standard InChI is InChI=1S/C13H16FN3O4/c1-3-15-13(18)8-6-16(7-8)10-5-12(21-2)11(17(19)20)4-9(10)14/h4-5,8H,3,6-7H2,1-2H3,(H,15,18). The summed E-state index contributed by atoms with van der Waals surface area (Å²) in [5, 5.41) is 13.5. The maximum absolute atomic E-state index is 14.0. The van der Waals surface area contributed by atoms with Gasteiger partial charge in [0.2, 0.25) is 5.91 Å². The molecule has 1 fully saturated rings. The minimum atomic E-state index is -0.697. The van der Waals surface area contributed by atoms with Crippen molar-refractivity contribution in [2.75, 3.05) is 31.6 Å². The molecule has 2 rings (SSSR count). The maximum Gasteiger partial charge on any atom is 0.313 e. The van der Waals surface area contributed by atoms with E-state index in [1.54, 1.807) is 4.90 Å². The number of nitro groups is 1. The number of nitrogens with one attached hydrogen (secondary N) is 1. The van der Waals surface area contributed by atoms with Crippen LogP contribution in [0.4, 0.5) is 15.8 Å². The van der Waals surface area contributed by atoms with Crippen LogP contribution in [0.2, 0.25) is 0 Å². The topological polar surface area (TPSA) is 84.7 Å². The molecule has 1 N–H and O–H groups in total. The van der Waals surface area contributed by atoms with Crippen LogP contribution in [0.3, 0.4) is 0 Å². The Labute approximate surface area is 120 Å². The number of methoxy groups -OCH3 is 1. The maximum atomic E-state index is 14.0. The van der Waals surface area contributed by atoms with E-state index < -0.39 is 16.4 Å². The number of anilines is 1. The highest BCUT2D eigenvalue weighted by Gasteiger charge is 2.35. The number of nitro benzene ring substituents is 1. The number of hydrogen-bond donors (Lipinski definition) is 1. The second kappa shape index (κ2) is 5.94. The molecule has 0 spiro atoms. The summed E-state index contributed by atoms with van der Waals surface area (Å²) in [6.45, 7) is 3.14. The molecule has 0 atom stereocenters. The van der Waals surface area contributed by atoms with E-state index in [0.29, 0.717) is 19.6 Å². The van der Waals surface area contributed by atoms with Crippen molar-refractivity contribution in [1.82, 2.24) is 5.32 Å². The fourth-order valence-corrected chi connectivity index (χ4v) is 2.24. The molecule has 1 amide bonds. The SMILES string of the molecule is CCNC(=O)C1CN(c2cc(OC)c([N+](=O)[O-])cc2F)C1. The fourth-order valence-electron chi connectivity index (χ4n) is 2.24. The number of amides is 1. The first-order valence-electron chi connectivity index (χ1n) is 6.52. The molecule has 0 unspecified atom stereocenters. The highest BCUT2D eigenvalue weighted by molar-refractivity contribution is 5.82. The molecule has 0 saturated carbocycles. The van der Waals surface area contributed by atoms with Crippen LogP contribution in [0.1, 0.15) is 6.92 Å². The molecular weight excluding hydrogens is 281 g/mol. The van der Waals surface area contributed by atoms with Crippen molar-refractivity contribution >= 4 is 17.3 Å². The lowest BCUT2D eigenvalue weighted by Gasteiger charge is -2.40. The molecule has 1 heterocycles. The van der Waals surface area contributed by atoms with E-state index in [2.05, 4.69) is 5.32 Å². The Bertz CT molecular complexity index is 573. The van der Waals surface area contributed by atoms with Crippen molar-refractivity contribution in [3.63, 3.8) is 0 Å². The molecule has 0 aromatic heterocycles. The van der Waals surface area contributed by atoms with Crippen LogP contribution in [-0.2, 0) is 4.79 Å². The molecule has 0 bridgehead atoms. The Morgan fingerprint density at radius 2 is 2.24 bits per heavy atom. The van der Waals surface area contributed by atoms with Crippen LogP contribution < -0.4 is 15.0 Å². The van der Waals surface area contributed by atoms with Gasteiger partial charge in [0.15, 0.2) is 11.6 Å². The van der Waals surface area contributed by atoms with Crippen LogP contribution in [0.15, 0.2) is 12.1 Å². The van der Waals surface area contributed by atoms with Gasteiger partial charge in [0.05, 0.1) is 29.7 Å². The van der Waals surface area contributed by atoms with Gasteiger partial charge < -0.3 is 15.0 Å². The lowest BCUT2D eigenvalue weighted by Crippen LogP contribution is -2.54. The highest BCUT2D eigenvalue weighted by Crippen LogP contribution is 2.36. The number of benzene rings is 1. The Hall–Kier alpha value is -2.38. The molecular formula is C13H16FN3O4. The monoisotopic (exact) mass is 297 g/mol. The van der Waals surface area contributed by atoms with E-state index in [1.807, 2.05) is 6.92 Å². The molecule has 1 aromatic carbocycles. The Morgan fingerprint density at radius 1 is 1.57 bits per heavy atom. The zero-order valence-electron chi connectivity index (χ0n) is 11.8. The van der Waals surface area contributed by atoms with Gasteiger partial charge in [-0.25, -0.2) is 4.39 Å². The molecule has 0 aliphatic carbocycles. The first kappa shape index (κ1) is 15.0. The van der Waals surface area contributed by atoms with Crippen LogP contribution in [0.5, 0.6) is 5.75 Å². The molecule has 8 heteroatoms. The van der Waals surface area contributed by atoms with Gasteiger partial charge in [0.25, 0.3) is 0 Å². The molecule has 1 aliphatic rings. The second-order valence-electron chi connectivity index (χ2n) is 4.73. The van der Waals surface area contributed by atoms with Gasteiger partial charge in [-0.05, 0) is 6.92 Å². The molecule has 1 aliphatic heterocycles. The number of rotatable bonds is 5. The van der Waals surface area contributed by atoms with E-state index in [-0.39, 0.29) is 23.3 Å². The quantitative estimate of drug-likeness (QED) is 0.654. The van der Waals surface area contributed by atoms with E-state index >= 15 is 0 Å². The van der Waals surface area contributed by atoms with E-state index in [9.17, 15) is 19.3 Å². The number of carbonyl (C=O) groups excluding carboxylic acids is 1. The van der Waals surface area contributed by atoms with Gasteiger partial charge >= 0.3 is 5.69 Å². The van der Waals surface area contributed by atoms with Gasteiger partial charge in [-0.1, -0.05) is 0 Å². The minimum Gasteiger partial charge on any atom is -0.490 e. The lowest BCUT2D eigenvalue weighted by molar-refractivity contribution is -0.385. The van der Waals surface area contributed by atoms with Gasteiger partial charge in [-0.15, -0.1) is 0 Å². The second-order valence-corrected chi connectivity index (χ2v) is 4.73. The molecule has 0 radical (unpaired) electrons. The highest BCUT2D eigenvalue weighted by atomic mass is 19.1. The number of carbonyl (C=O) groups is 1. The predicted molar refractivity (Wildman–Crippen MR) is 74.0 cm³/mol. The van der Waals surface area contributed by atoms with Gasteiger partial charge in [0.1, 0.15) is 0 Å². The third-order valence-electron chi connectivity index (χ3n) is 3.39. The average molecular weight is 297 g/mol. The summed E-state index contributed by atoms with van der Waals surface area (Å²) in [6.07, 6.45) is 0. The molecule has 114 valence electrons. The normalized spacial score (nSPS) is 14.5. The van der Waals surface area contributed by atoms with Crippen LogP contribution in [0, 0.1) is 21.8 Å².